The van der Waals surface area contributed by atoms with Crippen LogP contribution in [0.4, 0.5) is 5.69 Å². The molecule has 1 aliphatic rings. The van der Waals surface area contributed by atoms with Gasteiger partial charge in [-0.05, 0) is 37.1 Å². The number of nitrogens with two attached hydrogens (primary N) is 1. The van der Waals surface area contributed by atoms with Crippen LogP contribution in [0.2, 0.25) is 0 Å². The summed E-state index contributed by atoms with van der Waals surface area (Å²) in [6, 6.07) is 3.00. The summed E-state index contributed by atoms with van der Waals surface area (Å²) in [6.45, 7) is 3.62. The molecule has 0 bridgehead atoms. The van der Waals surface area contributed by atoms with Crippen molar-refractivity contribution in [2.45, 2.75) is 18.7 Å². The van der Waals surface area contributed by atoms with Gasteiger partial charge in [0.25, 0.3) is 0 Å². The third-order valence-corrected chi connectivity index (χ3v) is 7.11. The van der Waals surface area contributed by atoms with E-state index in [1.54, 1.807) is 13.0 Å². The molecule has 1 saturated heterocycles. The molecule has 0 unspecified atom stereocenters. The van der Waals surface area contributed by atoms with Gasteiger partial charge in [0.2, 0.25) is 10.0 Å². The van der Waals surface area contributed by atoms with Crippen molar-refractivity contribution in [1.29, 1.82) is 0 Å². The molecule has 1 aromatic rings. The topological polar surface area (TPSA) is 97.5 Å². The molecule has 0 saturated carbocycles. The fourth-order valence-electron chi connectivity index (χ4n) is 2.09. The smallest absolute Gasteiger partial charge is 0.243 e. The maximum atomic E-state index is 12.5. The van der Waals surface area contributed by atoms with E-state index < -0.39 is 19.9 Å². The lowest BCUT2D eigenvalue weighted by atomic mass is 10.1. The summed E-state index contributed by atoms with van der Waals surface area (Å²) in [5, 5.41) is 0. The maximum absolute atomic E-state index is 12.5. The van der Waals surface area contributed by atoms with Crippen LogP contribution < -0.4 is 5.73 Å². The van der Waals surface area contributed by atoms with Crippen molar-refractivity contribution < 1.29 is 16.8 Å². The highest BCUT2D eigenvalue weighted by molar-refractivity contribution is 7.92. The zero-order chi connectivity index (χ0) is 15.1. The van der Waals surface area contributed by atoms with E-state index in [-0.39, 0.29) is 29.5 Å². The zero-order valence-corrected chi connectivity index (χ0v) is 13.1. The Morgan fingerprint density at radius 3 is 2.20 bits per heavy atom. The molecule has 0 spiro atoms. The molecular formula is C12H18N2O4S2. The molecule has 1 heterocycles. The van der Waals surface area contributed by atoms with Crippen LogP contribution in [0.1, 0.15) is 11.1 Å². The number of nitrogen functional groups attached to an aromatic ring is 1. The highest BCUT2D eigenvalue weighted by Gasteiger charge is 2.31. The van der Waals surface area contributed by atoms with Crippen molar-refractivity contribution in [3.63, 3.8) is 0 Å². The second kappa shape index (κ2) is 5.01. The van der Waals surface area contributed by atoms with Crippen LogP contribution >= 0.6 is 0 Å². The highest BCUT2D eigenvalue weighted by atomic mass is 32.2. The van der Waals surface area contributed by atoms with Gasteiger partial charge in [-0.1, -0.05) is 0 Å². The second-order valence-electron chi connectivity index (χ2n) is 5.01. The molecule has 20 heavy (non-hydrogen) atoms. The third kappa shape index (κ3) is 2.82. The summed E-state index contributed by atoms with van der Waals surface area (Å²) in [5.74, 6) is -0.265. The van der Waals surface area contributed by atoms with E-state index >= 15 is 0 Å². The third-order valence-electron chi connectivity index (χ3n) is 3.62. The van der Waals surface area contributed by atoms with E-state index in [1.165, 1.54) is 10.4 Å². The number of nitrogens with zero attached hydrogens (tertiary/aromatic N) is 1. The Hall–Kier alpha value is -1.12. The standard InChI is InChI=1S/C12H18N2O4S2/c1-9-7-11(8-12(13)10(9)2)20(17,18)14-3-5-19(15,16)6-4-14/h7-8H,3-6,13H2,1-2H3. The Morgan fingerprint density at radius 2 is 1.70 bits per heavy atom. The van der Waals surface area contributed by atoms with E-state index in [9.17, 15) is 16.8 Å². The first-order chi connectivity index (χ1) is 9.13. The average Bonchev–Trinajstić information content (AvgIpc) is 2.34. The number of sulfonamides is 1. The van der Waals surface area contributed by atoms with Crippen molar-refractivity contribution in [3.8, 4) is 0 Å². The SMILES string of the molecule is Cc1cc(S(=O)(=O)N2CCS(=O)(=O)CC2)cc(N)c1C. The Balaban J connectivity index is 2.37. The molecule has 0 aromatic heterocycles. The minimum absolute atomic E-state index is 0.00248. The van der Waals surface area contributed by atoms with Crippen molar-refractivity contribution in [1.82, 2.24) is 4.31 Å². The summed E-state index contributed by atoms with van der Waals surface area (Å²) >= 11 is 0. The van der Waals surface area contributed by atoms with Gasteiger partial charge in [-0.3, -0.25) is 0 Å². The van der Waals surface area contributed by atoms with Crippen molar-refractivity contribution in [2.75, 3.05) is 30.3 Å². The molecule has 6 nitrogen and oxygen atoms in total. The first-order valence-corrected chi connectivity index (χ1v) is 9.47. The van der Waals surface area contributed by atoms with Crippen LogP contribution in [0.15, 0.2) is 17.0 Å². The minimum atomic E-state index is -3.69. The maximum Gasteiger partial charge on any atom is 0.243 e. The zero-order valence-electron chi connectivity index (χ0n) is 11.5. The molecule has 0 atom stereocenters. The lowest BCUT2D eigenvalue weighted by Crippen LogP contribution is -2.43. The molecule has 1 aliphatic heterocycles. The van der Waals surface area contributed by atoms with Gasteiger partial charge in [-0.2, -0.15) is 4.31 Å². The van der Waals surface area contributed by atoms with Gasteiger partial charge in [-0.25, -0.2) is 16.8 Å². The Bertz CT molecular complexity index is 702. The highest BCUT2D eigenvalue weighted by Crippen LogP contribution is 2.25. The van der Waals surface area contributed by atoms with Crippen LogP contribution in [0.5, 0.6) is 0 Å². The van der Waals surface area contributed by atoms with E-state index in [4.69, 9.17) is 5.73 Å². The Kier molecular flexibility index (Phi) is 3.83. The second-order valence-corrected chi connectivity index (χ2v) is 9.25. The summed E-state index contributed by atoms with van der Waals surface area (Å²) in [4.78, 5) is 0.123. The molecule has 0 aliphatic carbocycles. The fraction of sp³-hybridized carbons (Fsp3) is 0.500. The van der Waals surface area contributed by atoms with E-state index in [0.29, 0.717) is 5.69 Å². The van der Waals surface area contributed by atoms with Crippen LogP contribution in [-0.2, 0) is 19.9 Å². The number of hydrogen-bond acceptors (Lipinski definition) is 5. The van der Waals surface area contributed by atoms with E-state index in [0.717, 1.165) is 11.1 Å². The lowest BCUT2D eigenvalue weighted by molar-refractivity contribution is 0.430. The van der Waals surface area contributed by atoms with Crippen molar-refractivity contribution >= 4 is 25.5 Å². The average molecular weight is 318 g/mol. The molecule has 0 radical (unpaired) electrons. The van der Waals surface area contributed by atoms with Gasteiger partial charge in [0, 0.05) is 18.8 Å². The van der Waals surface area contributed by atoms with Gasteiger partial charge in [-0.15, -0.1) is 0 Å². The van der Waals surface area contributed by atoms with Crippen LogP contribution in [0, 0.1) is 13.8 Å². The summed E-state index contributed by atoms with van der Waals surface area (Å²) in [5.41, 5.74) is 7.89. The van der Waals surface area contributed by atoms with Gasteiger partial charge < -0.3 is 5.73 Å². The molecule has 1 fully saturated rings. The molecular weight excluding hydrogens is 300 g/mol. The summed E-state index contributed by atoms with van der Waals surface area (Å²) in [7, 11) is -6.80. The quantitative estimate of drug-likeness (QED) is 0.791. The summed E-state index contributed by atoms with van der Waals surface area (Å²) < 4.78 is 48.9. The monoisotopic (exact) mass is 318 g/mol. The Morgan fingerprint density at radius 1 is 1.15 bits per heavy atom. The number of anilines is 1. The van der Waals surface area contributed by atoms with Crippen LogP contribution in [0.25, 0.3) is 0 Å². The van der Waals surface area contributed by atoms with Gasteiger partial charge >= 0.3 is 0 Å². The lowest BCUT2D eigenvalue weighted by Gasteiger charge is -2.26. The molecule has 2 rings (SSSR count). The van der Waals surface area contributed by atoms with Gasteiger partial charge in [0.1, 0.15) is 0 Å². The number of hydrogen-bond donors (Lipinski definition) is 1. The molecule has 2 N–H and O–H groups in total. The number of sulfone groups is 1. The molecule has 0 amide bonds. The number of benzene rings is 1. The van der Waals surface area contributed by atoms with Crippen molar-refractivity contribution in [3.05, 3.63) is 23.3 Å². The van der Waals surface area contributed by atoms with E-state index in [2.05, 4.69) is 0 Å². The van der Waals surface area contributed by atoms with Crippen molar-refractivity contribution in [2.24, 2.45) is 0 Å². The Labute approximate surface area is 119 Å². The fourth-order valence-corrected chi connectivity index (χ4v) is 5.08. The van der Waals surface area contributed by atoms with Crippen LogP contribution in [0.3, 0.4) is 0 Å². The molecule has 8 heteroatoms. The normalized spacial score (nSPS) is 19.9. The minimum Gasteiger partial charge on any atom is -0.398 e. The first-order valence-electron chi connectivity index (χ1n) is 6.21. The predicted octanol–water partition coefficient (Wildman–Crippen LogP) is 0.305. The number of rotatable bonds is 2. The molecule has 112 valence electrons. The number of aryl methyl sites for hydroxylation is 1. The molecule has 1 aromatic carbocycles. The van der Waals surface area contributed by atoms with Crippen LogP contribution in [-0.4, -0.2) is 45.7 Å². The van der Waals surface area contributed by atoms with E-state index in [1.807, 2.05) is 6.92 Å². The van der Waals surface area contributed by atoms with Gasteiger partial charge in [0.05, 0.1) is 16.4 Å². The predicted molar refractivity (Wildman–Crippen MR) is 77.7 cm³/mol. The van der Waals surface area contributed by atoms with Gasteiger partial charge in [0.15, 0.2) is 9.84 Å². The largest absolute Gasteiger partial charge is 0.398 e. The first kappa shape index (κ1) is 15.3. The summed E-state index contributed by atoms with van der Waals surface area (Å²) in [6.07, 6.45) is 0.